The molecule has 0 bridgehead atoms. The SMILES string of the molecule is C[C@@H](Oc1cccc([N+](=O)[O-])c1)C(=O)c1ccc(NC(=O)C(C)(C)C)cc1. The van der Waals surface area contributed by atoms with Gasteiger partial charge in [0.05, 0.1) is 11.0 Å². The van der Waals surface area contributed by atoms with E-state index in [-0.39, 0.29) is 23.1 Å². The highest BCUT2D eigenvalue weighted by Gasteiger charge is 2.22. The molecule has 7 heteroatoms. The van der Waals surface area contributed by atoms with E-state index in [4.69, 9.17) is 4.74 Å². The lowest BCUT2D eigenvalue weighted by atomic mass is 9.95. The van der Waals surface area contributed by atoms with Crippen LogP contribution >= 0.6 is 0 Å². The Kier molecular flexibility index (Phi) is 5.95. The molecule has 0 fully saturated rings. The molecule has 2 aromatic rings. The molecule has 0 saturated carbocycles. The van der Waals surface area contributed by atoms with E-state index < -0.39 is 16.4 Å². The van der Waals surface area contributed by atoms with Crippen molar-refractivity contribution >= 4 is 23.1 Å². The lowest BCUT2D eigenvalue weighted by Gasteiger charge is -2.18. The van der Waals surface area contributed by atoms with Crippen LogP contribution in [0, 0.1) is 15.5 Å². The number of nitro groups is 1. The van der Waals surface area contributed by atoms with Crippen molar-refractivity contribution in [2.24, 2.45) is 5.41 Å². The summed E-state index contributed by atoms with van der Waals surface area (Å²) >= 11 is 0. The highest BCUT2D eigenvalue weighted by molar-refractivity contribution is 6.00. The maximum Gasteiger partial charge on any atom is 0.273 e. The molecule has 0 spiro atoms. The fraction of sp³-hybridized carbons (Fsp3) is 0.300. The summed E-state index contributed by atoms with van der Waals surface area (Å²) < 4.78 is 5.54. The number of rotatable bonds is 6. The number of carbonyl (C=O) groups is 2. The predicted octanol–water partition coefficient (Wildman–Crippen LogP) is 4.23. The molecule has 2 aromatic carbocycles. The van der Waals surface area contributed by atoms with Crippen molar-refractivity contribution in [1.82, 2.24) is 0 Å². The second-order valence-electron chi connectivity index (χ2n) is 7.16. The zero-order valence-corrected chi connectivity index (χ0v) is 15.7. The summed E-state index contributed by atoms with van der Waals surface area (Å²) in [5.74, 6) is -0.140. The van der Waals surface area contributed by atoms with E-state index >= 15 is 0 Å². The van der Waals surface area contributed by atoms with Crippen LogP contribution < -0.4 is 10.1 Å². The number of benzene rings is 2. The first-order valence-electron chi connectivity index (χ1n) is 8.45. The monoisotopic (exact) mass is 370 g/mol. The summed E-state index contributed by atoms with van der Waals surface area (Å²) in [5, 5.41) is 13.6. The van der Waals surface area contributed by atoms with Gasteiger partial charge in [-0.1, -0.05) is 26.8 Å². The van der Waals surface area contributed by atoms with Crippen LogP contribution in [0.4, 0.5) is 11.4 Å². The van der Waals surface area contributed by atoms with Crippen LogP contribution in [0.25, 0.3) is 0 Å². The zero-order valence-electron chi connectivity index (χ0n) is 15.7. The predicted molar refractivity (Wildman–Crippen MR) is 102 cm³/mol. The molecule has 0 aromatic heterocycles. The minimum Gasteiger partial charge on any atom is -0.482 e. The molecular weight excluding hydrogens is 348 g/mol. The van der Waals surface area contributed by atoms with Crippen LogP contribution in [0.15, 0.2) is 48.5 Å². The number of carbonyl (C=O) groups excluding carboxylic acids is 2. The molecule has 1 amide bonds. The number of ether oxygens (including phenoxy) is 1. The second-order valence-corrected chi connectivity index (χ2v) is 7.16. The average molecular weight is 370 g/mol. The van der Waals surface area contributed by atoms with Gasteiger partial charge in [-0.2, -0.15) is 0 Å². The number of Topliss-reactive ketones (excluding diaryl/α,β-unsaturated/α-hetero) is 1. The number of hydrogen-bond donors (Lipinski definition) is 1. The van der Waals surface area contributed by atoms with E-state index in [1.54, 1.807) is 37.3 Å². The molecule has 1 N–H and O–H groups in total. The van der Waals surface area contributed by atoms with Crippen molar-refractivity contribution in [2.75, 3.05) is 5.32 Å². The molecule has 0 radical (unpaired) electrons. The molecule has 0 heterocycles. The van der Waals surface area contributed by atoms with E-state index in [1.165, 1.54) is 18.2 Å². The first-order chi connectivity index (χ1) is 12.6. The average Bonchev–Trinajstić information content (AvgIpc) is 2.61. The van der Waals surface area contributed by atoms with Gasteiger partial charge in [-0.25, -0.2) is 0 Å². The van der Waals surface area contributed by atoms with Gasteiger partial charge in [0.15, 0.2) is 6.10 Å². The van der Waals surface area contributed by atoms with Crippen molar-refractivity contribution in [3.05, 3.63) is 64.2 Å². The Labute approximate surface area is 157 Å². The van der Waals surface area contributed by atoms with Crippen molar-refractivity contribution in [1.29, 1.82) is 0 Å². The number of amides is 1. The Balaban J connectivity index is 2.05. The molecule has 0 saturated heterocycles. The number of ketones is 1. The highest BCUT2D eigenvalue weighted by atomic mass is 16.6. The lowest BCUT2D eigenvalue weighted by Crippen LogP contribution is -2.27. The summed E-state index contributed by atoms with van der Waals surface area (Å²) in [5.41, 5.74) is 0.390. The van der Waals surface area contributed by atoms with E-state index in [0.29, 0.717) is 11.3 Å². The summed E-state index contributed by atoms with van der Waals surface area (Å²) in [7, 11) is 0. The third-order valence-corrected chi connectivity index (χ3v) is 3.82. The fourth-order valence-corrected chi connectivity index (χ4v) is 2.20. The number of nitrogens with one attached hydrogen (secondary N) is 1. The van der Waals surface area contributed by atoms with Gasteiger partial charge in [-0.15, -0.1) is 0 Å². The highest BCUT2D eigenvalue weighted by Crippen LogP contribution is 2.22. The van der Waals surface area contributed by atoms with Gasteiger partial charge in [0.2, 0.25) is 11.7 Å². The van der Waals surface area contributed by atoms with Gasteiger partial charge in [0.1, 0.15) is 5.75 Å². The van der Waals surface area contributed by atoms with Crippen LogP contribution in [-0.2, 0) is 4.79 Å². The molecule has 1 atom stereocenters. The van der Waals surface area contributed by atoms with Crippen molar-refractivity contribution in [2.45, 2.75) is 33.8 Å². The number of nitro benzene ring substituents is 1. The smallest absolute Gasteiger partial charge is 0.273 e. The van der Waals surface area contributed by atoms with E-state index in [0.717, 1.165) is 0 Å². The van der Waals surface area contributed by atoms with Crippen molar-refractivity contribution in [3.8, 4) is 5.75 Å². The zero-order chi connectivity index (χ0) is 20.2. The second kappa shape index (κ2) is 7.99. The van der Waals surface area contributed by atoms with Gasteiger partial charge < -0.3 is 10.1 Å². The molecule has 0 aliphatic carbocycles. The van der Waals surface area contributed by atoms with Crippen LogP contribution in [-0.4, -0.2) is 22.7 Å². The summed E-state index contributed by atoms with van der Waals surface area (Å²) in [6.45, 7) is 7.02. The number of non-ortho nitro benzene ring substituents is 1. The standard InChI is InChI=1S/C20H22N2O5/c1-13(27-17-7-5-6-16(12-17)22(25)26)18(23)14-8-10-15(11-9-14)21-19(24)20(2,3)4/h5-13H,1-4H3,(H,21,24)/t13-/m1/s1. The Morgan fingerprint density at radius 3 is 2.30 bits per heavy atom. The summed E-state index contributed by atoms with van der Waals surface area (Å²) in [6, 6.07) is 12.2. The Morgan fingerprint density at radius 1 is 1.11 bits per heavy atom. The maximum absolute atomic E-state index is 12.5. The molecule has 2 rings (SSSR count). The van der Waals surface area contributed by atoms with Gasteiger partial charge in [-0.05, 0) is 37.3 Å². The molecule has 0 aliphatic rings. The minimum atomic E-state index is -0.818. The third kappa shape index (κ3) is 5.37. The van der Waals surface area contributed by atoms with Gasteiger partial charge >= 0.3 is 0 Å². The molecule has 0 unspecified atom stereocenters. The normalized spacial score (nSPS) is 12.1. The van der Waals surface area contributed by atoms with Crippen LogP contribution in [0.1, 0.15) is 38.1 Å². The number of anilines is 1. The van der Waals surface area contributed by atoms with E-state index in [9.17, 15) is 19.7 Å². The van der Waals surface area contributed by atoms with E-state index in [1.807, 2.05) is 20.8 Å². The molecular formula is C20H22N2O5. The minimum absolute atomic E-state index is 0.105. The van der Waals surface area contributed by atoms with Crippen molar-refractivity contribution < 1.29 is 19.2 Å². The number of hydrogen-bond acceptors (Lipinski definition) is 5. The third-order valence-electron chi connectivity index (χ3n) is 3.82. The number of nitrogens with zero attached hydrogens (tertiary/aromatic N) is 1. The van der Waals surface area contributed by atoms with Gasteiger partial charge in [-0.3, -0.25) is 19.7 Å². The fourth-order valence-electron chi connectivity index (χ4n) is 2.20. The largest absolute Gasteiger partial charge is 0.482 e. The van der Waals surface area contributed by atoms with Crippen molar-refractivity contribution in [3.63, 3.8) is 0 Å². The first kappa shape index (κ1) is 20.1. The maximum atomic E-state index is 12.5. The molecule has 0 aliphatic heterocycles. The topological polar surface area (TPSA) is 98.5 Å². The van der Waals surface area contributed by atoms with Crippen LogP contribution in [0.5, 0.6) is 5.75 Å². The van der Waals surface area contributed by atoms with Gasteiger partial charge in [0, 0.05) is 22.7 Å². The molecule has 142 valence electrons. The Bertz CT molecular complexity index is 853. The van der Waals surface area contributed by atoms with Gasteiger partial charge in [0.25, 0.3) is 5.69 Å². The summed E-state index contributed by atoms with van der Waals surface area (Å²) in [6.07, 6.45) is -0.818. The Hall–Kier alpha value is -3.22. The van der Waals surface area contributed by atoms with Crippen LogP contribution in [0.3, 0.4) is 0 Å². The van der Waals surface area contributed by atoms with E-state index in [2.05, 4.69) is 5.32 Å². The molecule has 7 nitrogen and oxygen atoms in total. The van der Waals surface area contributed by atoms with Crippen LogP contribution in [0.2, 0.25) is 0 Å². The quantitative estimate of drug-likeness (QED) is 0.466. The Morgan fingerprint density at radius 2 is 1.74 bits per heavy atom. The lowest BCUT2D eigenvalue weighted by molar-refractivity contribution is -0.384. The first-order valence-corrected chi connectivity index (χ1v) is 8.45. The molecule has 27 heavy (non-hydrogen) atoms. The summed E-state index contributed by atoms with van der Waals surface area (Å²) in [4.78, 5) is 34.8.